The van der Waals surface area contributed by atoms with Crippen molar-refractivity contribution in [3.8, 4) is 0 Å². The fourth-order valence-corrected chi connectivity index (χ4v) is 5.28. The fraction of sp³-hybridized carbons (Fsp3) is 0.458. The van der Waals surface area contributed by atoms with E-state index >= 15 is 0 Å². The summed E-state index contributed by atoms with van der Waals surface area (Å²) in [5.41, 5.74) is 6.37. The summed E-state index contributed by atoms with van der Waals surface area (Å²) in [6.45, 7) is 7.48. The molecule has 3 rings (SSSR count). The van der Waals surface area contributed by atoms with Crippen molar-refractivity contribution in [1.82, 2.24) is 5.32 Å². The minimum atomic E-state index is -3.63. The lowest BCUT2D eigenvalue weighted by molar-refractivity contribution is -0.122. The first kappa shape index (κ1) is 22.3. The van der Waals surface area contributed by atoms with E-state index in [2.05, 4.69) is 23.5 Å². The molecule has 0 bridgehead atoms. The summed E-state index contributed by atoms with van der Waals surface area (Å²) in [4.78, 5) is 13.0. The molecule has 2 atom stereocenters. The Labute approximate surface area is 180 Å². The number of nitrogens with zero attached hydrogens (tertiary/aromatic N) is 1. The van der Waals surface area contributed by atoms with Crippen molar-refractivity contribution < 1.29 is 13.2 Å². The number of sulfonamides is 1. The molecule has 0 fully saturated rings. The lowest BCUT2D eigenvalue weighted by Crippen LogP contribution is -2.48. The molecule has 0 aliphatic heterocycles. The number of rotatable bonds is 6. The highest BCUT2D eigenvalue weighted by atomic mass is 32.2. The molecule has 1 N–H and O–H groups in total. The number of aryl methyl sites for hydroxylation is 4. The Morgan fingerprint density at radius 3 is 2.27 bits per heavy atom. The molecular formula is C24H32N2O3S. The SMILES string of the molecule is Cc1ccc(N(C(C)C(=O)NC(C)c2ccc3c(c2)CCCC3)S(C)(=O)=O)cc1C. The molecule has 6 heteroatoms. The highest BCUT2D eigenvalue weighted by Crippen LogP contribution is 2.26. The average Bonchev–Trinajstić information content (AvgIpc) is 2.69. The van der Waals surface area contributed by atoms with Gasteiger partial charge >= 0.3 is 0 Å². The van der Waals surface area contributed by atoms with Crippen molar-refractivity contribution in [1.29, 1.82) is 0 Å². The fourth-order valence-electron chi connectivity index (χ4n) is 4.11. The van der Waals surface area contributed by atoms with E-state index in [9.17, 15) is 13.2 Å². The Morgan fingerprint density at radius 1 is 0.967 bits per heavy atom. The maximum absolute atomic E-state index is 13.0. The molecule has 0 aromatic heterocycles. The number of hydrogen-bond acceptors (Lipinski definition) is 3. The number of carbonyl (C=O) groups excluding carboxylic acids is 1. The first-order valence-corrected chi connectivity index (χ1v) is 12.4. The zero-order valence-electron chi connectivity index (χ0n) is 18.5. The number of benzene rings is 2. The zero-order chi connectivity index (χ0) is 22.1. The van der Waals surface area contributed by atoms with Gasteiger partial charge in [0.05, 0.1) is 18.0 Å². The predicted octanol–water partition coefficient (Wildman–Crippen LogP) is 4.21. The van der Waals surface area contributed by atoms with Crippen LogP contribution in [0.1, 0.15) is 60.5 Å². The number of anilines is 1. The summed E-state index contributed by atoms with van der Waals surface area (Å²) in [6.07, 6.45) is 5.77. The van der Waals surface area contributed by atoms with Crippen LogP contribution < -0.4 is 9.62 Å². The third-order valence-corrected chi connectivity index (χ3v) is 7.31. The Kier molecular flexibility index (Phi) is 6.56. The highest BCUT2D eigenvalue weighted by Gasteiger charge is 2.30. The first-order valence-electron chi connectivity index (χ1n) is 10.6. The van der Waals surface area contributed by atoms with Gasteiger partial charge in [-0.1, -0.05) is 24.3 Å². The summed E-state index contributed by atoms with van der Waals surface area (Å²) in [7, 11) is -3.63. The third-order valence-electron chi connectivity index (χ3n) is 6.06. The van der Waals surface area contributed by atoms with Crippen molar-refractivity contribution in [3.05, 3.63) is 64.2 Å². The minimum absolute atomic E-state index is 0.201. The van der Waals surface area contributed by atoms with E-state index in [1.165, 1.54) is 28.3 Å². The molecule has 162 valence electrons. The molecule has 2 unspecified atom stereocenters. The monoisotopic (exact) mass is 428 g/mol. The molecule has 0 heterocycles. The van der Waals surface area contributed by atoms with Crippen LogP contribution in [0.3, 0.4) is 0 Å². The molecule has 1 aliphatic carbocycles. The zero-order valence-corrected chi connectivity index (χ0v) is 19.3. The smallest absolute Gasteiger partial charge is 0.244 e. The first-order chi connectivity index (χ1) is 14.1. The second-order valence-electron chi connectivity index (χ2n) is 8.47. The van der Waals surface area contributed by atoms with Crippen LogP contribution >= 0.6 is 0 Å². The Bertz CT molecular complexity index is 1050. The molecule has 0 radical (unpaired) electrons. The van der Waals surface area contributed by atoms with E-state index in [0.717, 1.165) is 35.8 Å². The van der Waals surface area contributed by atoms with Gasteiger partial charge in [0.15, 0.2) is 0 Å². The van der Waals surface area contributed by atoms with Crippen LogP contribution in [-0.4, -0.2) is 26.6 Å². The largest absolute Gasteiger partial charge is 0.348 e. The standard InChI is InChI=1S/C24H32N2O3S/c1-16-10-13-23(14-17(16)2)26(30(5,28)29)19(4)24(27)25-18(3)21-12-11-20-8-6-7-9-22(20)15-21/h10-15,18-19H,6-9H2,1-5H3,(H,25,27). The van der Waals surface area contributed by atoms with Crippen LogP contribution in [0.5, 0.6) is 0 Å². The summed E-state index contributed by atoms with van der Waals surface area (Å²) in [5, 5.41) is 3.01. The second-order valence-corrected chi connectivity index (χ2v) is 10.3. The van der Waals surface area contributed by atoms with Crippen molar-refractivity contribution in [3.63, 3.8) is 0 Å². The van der Waals surface area contributed by atoms with Gasteiger partial charge in [0.25, 0.3) is 0 Å². The highest BCUT2D eigenvalue weighted by molar-refractivity contribution is 7.92. The maximum atomic E-state index is 13.0. The van der Waals surface area contributed by atoms with Gasteiger partial charge in [0.2, 0.25) is 15.9 Å². The van der Waals surface area contributed by atoms with Crippen LogP contribution in [0.25, 0.3) is 0 Å². The number of hydrogen-bond donors (Lipinski definition) is 1. The number of carbonyl (C=O) groups is 1. The summed E-state index contributed by atoms with van der Waals surface area (Å²) in [5.74, 6) is -0.316. The van der Waals surface area contributed by atoms with Gasteiger partial charge in [-0.05, 0) is 93.3 Å². The van der Waals surface area contributed by atoms with Gasteiger partial charge in [0, 0.05) is 0 Å². The van der Waals surface area contributed by atoms with E-state index in [-0.39, 0.29) is 11.9 Å². The van der Waals surface area contributed by atoms with Crippen molar-refractivity contribution in [2.24, 2.45) is 0 Å². The summed E-state index contributed by atoms with van der Waals surface area (Å²) >= 11 is 0. The van der Waals surface area contributed by atoms with Crippen LogP contribution in [-0.2, 0) is 27.7 Å². The van der Waals surface area contributed by atoms with Crippen LogP contribution in [0, 0.1) is 13.8 Å². The molecule has 0 saturated carbocycles. The molecule has 0 spiro atoms. The summed E-state index contributed by atoms with van der Waals surface area (Å²) in [6, 6.07) is 10.8. The van der Waals surface area contributed by atoms with Gasteiger partial charge in [-0.15, -0.1) is 0 Å². The van der Waals surface area contributed by atoms with Gasteiger partial charge in [-0.25, -0.2) is 8.42 Å². The maximum Gasteiger partial charge on any atom is 0.244 e. The third kappa shape index (κ3) is 4.86. The topological polar surface area (TPSA) is 66.5 Å². The number of nitrogens with one attached hydrogen (secondary N) is 1. The Balaban J connectivity index is 1.80. The lowest BCUT2D eigenvalue weighted by atomic mass is 9.89. The number of amides is 1. The Morgan fingerprint density at radius 2 is 1.63 bits per heavy atom. The van der Waals surface area contributed by atoms with Crippen LogP contribution in [0.2, 0.25) is 0 Å². The quantitative estimate of drug-likeness (QED) is 0.749. The van der Waals surface area contributed by atoms with Crippen LogP contribution in [0.4, 0.5) is 5.69 Å². The molecule has 2 aromatic rings. The van der Waals surface area contributed by atoms with Crippen molar-refractivity contribution in [2.45, 2.75) is 65.5 Å². The molecular weight excluding hydrogens is 396 g/mol. The van der Waals surface area contributed by atoms with Crippen molar-refractivity contribution in [2.75, 3.05) is 10.6 Å². The predicted molar refractivity (Wildman–Crippen MR) is 122 cm³/mol. The van der Waals surface area contributed by atoms with Gasteiger partial charge in [-0.3, -0.25) is 9.10 Å². The van der Waals surface area contributed by atoms with E-state index in [1.807, 2.05) is 32.9 Å². The normalized spacial score (nSPS) is 15.8. The molecule has 0 saturated heterocycles. The second kappa shape index (κ2) is 8.80. The number of fused-ring (bicyclic) bond motifs is 1. The molecule has 1 amide bonds. The average molecular weight is 429 g/mol. The van der Waals surface area contributed by atoms with Gasteiger partial charge in [-0.2, -0.15) is 0 Å². The van der Waals surface area contributed by atoms with E-state index in [1.54, 1.807) is 13.0 Å². The van der Waals surface area contributed by atoms with Gasteiger partial charge in [0.1, 0.15) is 6.04 Å². The van der Waals surface area contributed by atoms with Crippen molar-refractivity contribution >= 4 is 21.6 Å². The molecule has 30 heavy (non-hydrogen) atoms. The molecule has 1 aliphatic rings. The minimum Gasteiger partial charge on any atom is -0.348 e. The van der Waals surface area contributed by atoms with Crippen LogP contribution in [0.15, 0.2) is 36.4 Å². The lowest BCUT2D eigenvalue weighted by Gasteiger charge is -2.30. The van der Waals surface area contributed by atoms with Gasteiger partial charge < -0.3 is 5.32 Å². The van der Waals surface area contributed by atoms with E-state index in [0.29, 0.717) is 5.69 Å². The summed E-state index contributed by atoms with van der Waals surface area (Å²) < 4.78 is 26.3. The van der Waals surface area contributed by atoms with E-state index < -0.39 is 16.1 Å². The molecule has 5 nitrogen and oxygen atoms in total. The molecule has 2 aromatic carbocycles. The van der Waals surface area contributed by atoms with E-state index in [4.69, 9.17) is 0 Å². The Hall–Kier alpha value is -2.34.